The van der Waals surface area contributed by atoms with Gasteiger partial charge in [0, 0.05) is 20.2 Å². The van der Waals surface area contributed by atoms with Gasteiger partial charge in [-0.15, -0.1) is 0 Å². The third kappa shape index (κ3) is 2.21. The lowest BCUT2D eigenvalue weighted by molar-refractivity contribution is -0.141. The highest BCUT2D eigenvalue weighted by molar-refractivity contribution is 5.80. The number of hydrogen-bond donors (Lipinski definition) is 0. The SMILES string of the molecule is COC(C)C(=O)N1C[CH]CCC1. The summed E-state index contributed by atoms with van der Waals surface area (Å²) in [7, 11) is 1.57. The number of methoxy groups -OCH3 is 1. The molecule has 0 aromatic heterocycles. The molecule has 12 heavy (non-hydrogen) atoms. The molecule has 3 heteroatoms. The van der Waals surface area contributed by atoms with Crippen molar-refractivity contribution in [3.8, 4) is 0 Å². The molecule has 0 spiro atoms. The van der Waals surface area contributed by atoms with Crippen molar-refractivity contribution in [3.63, 3.8) is 0 Å². The van der Waals surface area contributed by atoms with Crippen LogP contribution in [0.2, 0.25) is 0 Å². The summed E-state index contributed by atoms with van der Waals surface area (Å²) in [5.41, 5.74) is 0. The molecule has 3 nitrogen and oxygen atoms in total. The van der Waals surface area contributed by atoms with Gasteiger partial charge >= 0.3 is 0 Å². The minimum Gasteiger partial charge on any atom is -0.372 e. The van der Waals surface area contributed by atoms with E-state index < -0.39 is 0 Å². The maximum atomic E-state index is 11.5. The Labute approximate surface area is 73.7 Å². The standard InChI is InChI=1S/C9H16NO2/c1-8(12-2)9(11)10-6-4-3-5-7-10/h4,8H,3,5-7H2,1-2H3. The van der Waals surface area contributed by atoms with Gasteiger partial charge in [0.1, 0.15) is 6.10 Å². The summed E-state index contributed by atoms with van der Waals surface area (Å²) in [4.78, 5) is 13.4. The average Bonchev–Trinajstić information content (AvgIpc) is 2.17. The monoisotopic (exact) mass is 170 g/mol. The van der Waals surface area contributed by atoms with E-state index in [2.05, 4.69) is 6.42 Å². The van der Waals surface area contributed by atoms with Gasteiger partial charge < -0.3 is 9.64 Å². The van der Waals surface area contributed by atoms with Crippen molar-refractivity contribution in [1.82, 2.24) is 4.90 Å². The van der Waals surface area contributed by atoms with Crippen molar-refractivity contribution in [2.45, 2.75) is 25.9 Å². The smallest absolute Gasteiger partial charge is 0.251 e. The van der Waals surface area contributed by atoms with E-state index in [9.17, 15) is 4.79 Å². The van der Waals surface area contributed by atoms with Crippen molar-refractivity contribution in [1.29, 1.82) is 0 Å². The number of piperidine rings is 1. The van der Waals surface area contributed by atoms with Crippen LogP contribution < -0.4 is 0 Å². The maximum absolute atomic E-state index is 11.5. The van der Waals surface area contributed by atoms with Gasteiger partial charge in [0.15, 0.2) is 0 Å². The Kier molecular flexibility index (Phi) is 3.53. The van der Waals surface area contributed by atoms with E-state index in [0.29, 0.717) is 0 Å². The number of carbonyl (C=O) groups excluding carboxylic acids is 1. The molecule has 0 bridgehead atoms. The minimum atomic E-state index is -0.295. The van der Waals surface area contributed by atoms with Crippen molar-refractivity contribution in [2.75, 3.05) is 20.2 Å². The molecular formula is C9H16NO2. The molecule has 0 aromatic carbocycles. The van der Waals surface area contributed by atoms with Crippen LogP contribution in [0.1, 0.15) is 19.8 Å². The van der Waals surface area contributed by atoms with Crippen LogP contribution in [0.15, 0.2) is 0 Å². The second-order valence-corrected chi connectivity index (χ2v) is 3.09. The number of ether oxygens (including phenoxy) is 1. The minimum absolute atomic E-state index is 0.105. The van der Waals surface area contributed by atoms with Crippen LogP contribution in [0, 0.1) is 6.42 Å². The zero-order chi connectivity index (χ0) is 8.97. The molecule has 0 aromatic rings. The fraction of sp³-hybridized carbons (Fsp3) is 0.778. The fourth-order valence-corrected chi connectivity index (χ4v) is 1.32. The van der Waals surface area contributed by atoms with E-state index in [1.807, 2.05) is 4.90 Å². The molecule has 1 aliphatic heterocycles. The van der Waals surface area contributed by atoms with Crippen LogP contribution in [-0.4, -0.2) is 37.1 Å². The molecule has 1 unspecified atom stereocenters. The molecule has 0 saturated carbocycles. The summed E-state index contributed by atoms with van der Waals surface area (Å²) in [6, 6.07) is 0. The van der Waals surface area contributed by atoms with Crippen molar-refractivity contribution in [2.24, 2.45) is 0 Å². The Balaban J connectivity index is 2.39. The van der Waals surface area contributed by atoms with E-state index >= 15 is 0 Å². The number of hydrogen-bond acceptors (Lipinski definition) is 2. The maximum Gasteiger partial charge on any atom is 0.251 e. The average molecular weight is 170 g/mol. The van der Waals surface area contributed by atoms with Crippen LogP contribution in [0.5, 0.6) is 0 Å². The lowest BCUT2D eigenvalue weighted by atomic mass is 10.1. The molecule has 1 amide bonds. The highest BCUT2D eigenvalue weighted by Gasteiger charge is 2.21. The van der Waals surface area contributed by atoms with Crippen LogP contribution >= 0.6 is 0 Å². The lowest BCUT2D eigenvalue weighted by Gasteiger charge is -2.28. The molecule has 1 aliphatic rings. The van der Waals surface area contributed by atoms with Gasteiger partial charge in [0.05, 0.1) is 0 Å². The zero-order valence-corrected chi connectivity index (χ0v) is 7.75. The predicted octanol–water partition coefficient (Wildman–Crippen LogP) is 0.848. The first-order valence-corrected chi connectivity index (χ1v) is 4.39. The van der Waals surface area contributed by atoms with Gasteiger partial charge in [-0.3, -0.25) is 4.79 Å². The highest BCUT2D eigenvalue weighted by atomic mass is 16.5. The molecule has 1 fully saturated rings. The summed E-state index contributed by atoms with van der Waals surface area (Å²) < 4.78 is 4.96. The van der Waals surface area contributed by atoms with Crippen molar-refractivity contribution in [3.05, 3.63) is 6.42 Å². The third-order valence-electron chi connectivity index (χ3n) is 2.20. The number of carbonyl (C=O) groups is 1. The van der Waals surface area contributed by atoms with E-state index in [1.165, 1.54) is 0 Å². The molecular weight excluding hydrogens is 154 g/mol. The molecule has 69 valence electrons. The topological polar surface area (TPSA) is 29.5 Å². The van der Waals surface area contributed by atoms with Crippen LogP contribution in [0.25, 0.3) is 0 Å². The van der Waals surface area contributed by atoms with Crippen LogP contribution in [-0.2, 0) is 9.53 Å². The highest BCUT2D eigenvalue weighted by Crippen LogP contribution is 2.09. The normalized spacial score (nSPS) is 20.7. The van der Waals surface area contributed by atoms with Crippen molar-refractivity contribution >= 4 is 5.91 Å². The van der Waals surface area contributed by atoms with Crippen LogP contribution in [0.4, 0.5) is 0 Å². The largest absolute Gasteiger partial charge is 0.372 e. The summed E-state index contributed by atoms with van der Waals surface area (Å²) >= 11 is 0. The summed E-state index contributed by atoms with van der Waals surface area (Å²) in [5.74, 6) is 0.105. The van der Waals surface area contributed by atoms with Gasteiger partial charge in [0.25, 0.3) is 5.91 Å². The number of rotatable bonds is 2. The predicted molar refractivity (Wildman–Crippen MR) is 46.6 cm³/mol. The second-order valence-electron chi connectivity index (χ2n) is 3.09. The fourth-order valence-electron chi connectivity index (χ4n) is 1.32. The lowest BCUT2D eigenvalue weighted by Crippen LogP contribution is -2.41. The first-order valence-electron chi connectivity index (χ1n) is 4.39. The molecule has 0 aliphatic carbocycles. The number of amides is 1. The first kappa shape index (κ1) is 9.52. The Morgan fingerprint density at radius 3 is 2.92 bits per heavy atom. The first-order chi connectivity index (χ1) is 5.75. The van der Waals surface area contributed by atoms with Gasteiger partial charge in [0.2, 0.25) is 0 Å². The summed E-state index contributed by atoms with van der Waals surface area (Å²) in [5, 5.41) is 0. The van der Waals surface area contributed by atoms with Gasteiger partial charge in [-0.05, 0) is 26.2 Å². The third-order valence-corrected chi connectivity index (χ3v) is 2.20. The summed E-state index contributed by atoms with van der Waals surface area (Å²) in [6.07, 6.45) is 4.06. The molecule has 1 rings (SSSR count). The van der Waals surface area contributed by atoms with E-state index in [1.54, 1.807) is 14.0 Å². The Hall–Kier alpha value is -0.570. The number of likely N-dealkylation sites (tertiary alicyclic amines) is 1. The van der Waals surface area contributed by atoms with Crippen molar-refractivity contribution < 1.29 is 9.53 Å². The molecule has 0 N–H and O–H groups in total. The second kappa shape index (κ2) is 4.45. The Morgan fingerprint density at radius 2 is 2.42 bits per heavy atom. The number of nitrogens with zero attached hydrogens (tertiary/aromatic N) is 1. The van der Waals surface area contributed by atoms with E-state index in [0.717, 1.165) is 25.9 Å². The van der Waals surface area contributed by atoms with Gasteiger partial charge in [-0.25, -0.2) is 0 Å². The molecule has 1 heterocycles. The van der Waals surface area contributed by atoms with E-state index in [-0.39, 0.29) is 12.0 Å². The van der Waals surface area contributed by atoms with E-state index in [4.69, 9.17) is 4.74 Å². The van der Waals surface area contributed by atoms with Crippen LogP contribution in [0.3, 0.4) is 0 Å². The molecule has 1 atom stereocenters. The quantitative estimate of drug-likeness (QED) is 0.615. The zero-order valence-electron chi connectivity index (χ0n) is 7.75. The Morgan fingerprint density at radius 1 is 1.67 bits per heavy atom. The van der Waals surface area contributed by atoms with Gasteiger partial charge in [-0.1, -0.05) is 0 Å². The molecule has 1 radical (unpaired) electrons. The Bertz CT molecular complexity index is 153. The summed E-state index contributed by atoms with van der Waals surface area (Å²) in [6.45, 7) is 3.45. The molecule has 1 saturated heterocycles. The van der Waals surface area contributed by atoms with Gasteiger partial charge in [-0.2, -0.15) is 0 Å².